The summed E-state index contributed by atoms with van der Waals surface area (Å²) in [6.45, 7) is 5.06. The van der Waals surface area contributed by atoms with Crippen molar-refractivity contribution in [3.8, 4) is 0 Å². The van der Waals surface area contributed by atoms with Crippen LogP contribution in [-0.4, -0.2) is 28.7 Å². The Bertz CT molecular complexity index is 646. The number of carbonyl (C=O) groups excluding carboxylic acids is 2. The van der Waals surface area contributed by atoms with Crippen molar-refractivity contribution in [2.45, 2.75) is 27.2 Å². The van der Waals surface area contributed by atoms with Crippen LogP contribution in [0.3, 0.4) is 0 Å². The lowest BCUT2D eigenvalue weighted by Crippen LogP contribution is -2.32. The second-order valence-corrected chi connectivity index (χ2v) is 4.59. The van der Waals surface area contributed by atoms with Crippen LogP contribution in [0.5, 0.6) is 0 Å². The minimum atomic E-state index is -0.269. The quantitative estimate of drug-likeness (QED) is 0.899. The van der Waals surface area contributed by atoms with Crippen LogP contribution in [0.2, 0.25) is 0 Å². The van der Waals surface area contributed by atoms with Crippen LogP contribution < -0.4 is 10.2 Å². The minimum Gasteiger partial charge on any atom is -0.360 e. The lowest BCUT2D eigenvalue weighted by Gasteiger charge is -2.16. The summed E-state index contributed by atoms with van der Waals surface area (Å²) in [5.41, 5.74) is 0. The van der Waals surface area contributed by atoms with Crippen LogP contribution >= 0.6 is 0 Å². The van der Waals surface area contributed by atoms with E-state index in [9.17, 15) is 9.59 Å². The third-order valence-corrected chi connectivity index (χ3v) is 2.73. The lowest BCUT2D eigenvalue weighted by atomic mass is 10.3. The highest BCUT2D eigenvalue weighted by molar-refractivity contribution is 5.93. The number of amides is 2. The Labute approximate surface area is 121 Å². The highest BCUT2D eigenvalue weighted by atomic mass is 16.5. The Kier molecular flexibility index (Phi) is 4.36. The standard InChI is InChI=1S/C13H16N4O4/c1-8-6-11(15-20-8)14-13(19)4-5-17(10(3)18)12-7-9(2)21-16-12/h6-7H,4-5H2,1-3H3,(H,14,15,19). The van der Waals surface area contributed by atoms with Crippen molar-refractivity contribution in [3.63, 3.8) is 0 Å². The number of hydrogen-bond donors (Lipinski definition) is 1. The van der Waals surface area contributed by atoms with Crippen LogP contribution in [0.15, 0.2) is 21.2 Å². The molecule has 2 amide bonds. The lowest BCUT2D eigenvalue weighted by molar-refractivity contribution is -0.117. The predicted molar refractivity (Wildman–Crippen MR) is 73.8 cm³/mol. The number of nitrogens with zero attached hydrogens (tertiary/aromatic N) is 3. The summed E-state index contributed by atoms with van der Waals surface area (Å²) in [5, 5.41) is 10.0. The fourth-order valence-electron chi connectivity index (χ4n) is 1.76. The Hall–Kier alpha value is -2.64. The van der Waals surface area contributed by atoms with Gasteiger partial charge in [-0.25, -0.2) is 0 Å². The first-order valence-corrected chi connectivity index (χ1v) is 6.40. The molecule has 0 atom stereocenters. The molecule has 112 valence electrons. The van der Waals surface area contributed by atoms with E-state index < -0.39 is 0 Å². The van der Waals surface area contributed by atoms with Gasteiger partial charge in [-0.3, -0.25) is 14.5 Å². The molecule has 2 rings (SSSR count). The molecule has 0 unspecified atom stereocenters. The summed E-state index contributed by atoms with van der Waals surface area (Å²) in [6, 6.07) is 3.25. The molecule has 8 nitrogen and oxygen atoms in total. The molecule has 0 spiro atoms. The summed E-state index contributed by atoms with van der Waals surface area (Å²) < 4.78 is 9.78. The molecule has 0 aliphatic heterocycles. The summed E-state index contributed by atoms with van der Waals surface area (Å²) in [4.78, 5) is 24.8. The minimum absolute atomic E-state index is 0.109. The SMILES string of the molecule is CC(=O)N(CCC(=O)Nc1cc(C)on1)c1cc(C)on1. The van der Waals surface area contributed by atoms with Crippen LogP contribution in [0, 0.1) is 13.8 Å². The van der Waals surface area contributed by atoms with Crippen molar-refractivity contribution < 1.29 is 18.6 Å². The monoisotopic (exact) mass is 292 g/mol. The third kappa shape index (κ3) is 3.91. The van der Waals surface area contributed by atoms with Gasteiger partial charge in [0.1, 0.15) is 11.5 Å². The third-order valence-electron chi connectivity index (χ3n) is 2.73. The Morgan fingerprint density at radius 1 is 1.19 bits per heavy atom. The maximum atomic E-state index is 11.8. The van der Waals surface area contributed by atoms with Gasteiger partial charge >= 0.3 is 0 Å². The molecule has 0 fully saturated rings. The van der Waals surface area contributed by atoms with Crippen LogP contribution in [0.25, 0.3) is 0 Å². The van der Waals surface area contributed by atoms with Crippen LogP contribution in [0.1, 0.15) is 24.9 Å². The molecule has 2 aromatic heterocycles. The highest BCUT2D eigenvalue weighted by Crippen LogP contribution is 2.15. The second kappa shape index (κ2) is 6.21. The van der Waals surface area contributed by atoms with Gasteiger partial charge in [-0.15, -0.1) is 0 Å². The molecule has 8 heteroatoms. The summed E-state index contributed by atoms with van der Waals surface area (Å²) in [6.07, 6.45) is 0.109. The zero-order chi connectivity index (χ0) is 15.4. The first-order chi connectivity index (χ1) is 9.95. The molecule has 0 radical (unpaired) electrons. The number of aryl methyl sites for hydroxylation is 2. The van der Waals surface area contributed by atoms with Gasteiger partial charge in [-0.05, 0) is 13.8 Å². The number of nitrogens with one attached hydrogen (secondary N) is 1. The molecule has 0 saturated heterocycles. The molecule has 2 heterocycles. The molecule has 0 bridgehead atoms. The predicted octanol–water partition coefficient (Wildman–Crippen LogP) is 1.66. The molecule has 0 saturated carbocycles. The van der Waals surface area contributed by atoms with E-state index in [0.29, 0.717) is 23.2 Å². The number of rotatable bonds is 5. The van der Waals surface area contributed by atoms with Gasteiger partial charge in [0.15, 0.2) is 11.6 Å². The molecule has 0 aromatic carbocycles. The maximum absolute atomic E-state index is 11.8. The van der Waals surface area contributed by atoms with E-state index in [1.54, 1.807) is 26.0 Å². The van der Waals surface area contributed by atoms with Gasteiger partial charge in [0.25, 0.3) is 0 Å². The summed E-state index contributed by atoms with van der Waals surface area (Å²) in [5.74, 6) is 1.46. The fraction of sp³-hybridized carbons (Fsp3) is 0.385. The molecule has 1 N–H and O–H groups in total. The van der Waals surface area contributed by atoms with E-state index in [4.69, 9.17) is 9.05 Å². The van der Waals surface area contributed by atoms with Crippen molar-refractivity contribution in [2.24, 2.45) is 0 Å². The van der Waals surface area contributed by atoms with Crippen molar-refractivity contribution in [1.82, 2.24) is 10.3 Å². The fourth-order valence-corrected chi connectivity index (χ4v) is 1.76. The zero-order valence-corrected chi connectivity index (χ0v) is 12.0. The summed E-state index contributed by atoms with van der Waals surface area (Å²) in [7, 11) is 0. The van der Waals surface area contributed by atoms with Gasteiger partial charge < -0.3 is 14.4 Å². The average molecular weight is 292 g/mol. The molecular weight excluding hydrogens is 276 g/mol. The van der Waals surface area contributed by atoms with Gasteiger partial charge in [0.05, 0.1) is 0 Å². The number of hydrogen-bond acceptors (Lipinski definition) is 6. The number of aromatic nitrogens is 2. The van der Waals surface area contributed by atoms with Crippen molar-refractivity contribution >= 4 is 23.5 Å². The van der Waals surface area contributed by atoms with E-state index >= 15 is 0 Å². The highest BCUT2D eigenvalue weighted by Gasteiger charge is 2.17. The molecule has 0 aliphatic carbocycles. The van der Waals surface area contributed by atoms with E-state index in [-0.39, 0.29) is 24.8 Å². The van der Waals surface area contributed by atoms with Gasteiger partial charge in [-0.2, -0.15) is 0 Å². The van der Waals surface area contributed by atoms with Crippen molar-refractivity contribution in [3.05, 3.63) is 23.7 Å². The first-order valence-electron chi connectivity index (χ1n) is 6.40. The van der Waals surface area contributed by atoms with Gasteiger partial charge in [0.2, 0.25) is 11.8 Å². The molecular formula is C13H16N4O4. The largest absolute Gasteiger partial charge is 0.360 e. The molecule has 2 aromatic rings. The average Bonchev–Trinajstić information content (AvgIpc) is 2.98. The van der Waals surface area contributed by atoms with Crippen LogP contribution in [-0.2, 0) is 9.59 Å². The van der Waals surface area contributed by atoms with Gasteiger partial charge in [0, 0.05) is 32.0 Å². The first kappa shape index (κ1) is 14.8. The second-order valence-electron chi connectivity index (χ2n) is 4.59. The van der Waals surface area contributed by atoms with E-state index in [1.165, 1.54) is 11.8 Å². The van der Waals surface area contributed by atoms with E-state index in [0.717, 1.165) is 0 Å². The summed E-state index contributed by atoms with van der Waals surface area (Å²) >= 11 is 0. The van der Waals surface area contributed by atoms with Crippen molar-refractivity contribution in [2.75, 3.05) is 16.8 Å². The zero-order valence-electron chi connectivity index (χ0n) is 12.0. The van der Waals surface area contributed by atoms with E-state index in [2.05, 4.69) is 15.6 Å². The Morgan fingerprint density at radius 2 is 1.86 bits per heavy atom. The maximum Gasteiger partial charge on any atom is 0.227 e. The van der Waals surface area contributed by atoms with Gasteiger partial charge in [-0.1, -0.05) is 10.3 Å². The Morgan fingerprint density at radius 3 is 2.38 bits per heavy atom. The van der Waals surface area contributed by atoms with Crippen LogP contribution in [0.4, 0.5) is 11.6 Å². The number of carbonyl (C=O) groups is 2. The smallest absolute Gasteiger partial charge is 0.227 e. The number of anilines is 2. The Balaban J connectivity index is 1.93. The van der Waals surface area contributed by atoms with E-state index in [1.807, 2.05) is 0 Å². The topological polar surface area (TPSA) is 101 Å². The molecule has 21 heavy (non-hydrogen) atoms. The normalized spacial score (nSPS) is 10.4. The molecule has 0 aliphatic rings. The van der Waals surface area contributed by atoms with Crippen molar-refractivity contribution in [1.29, 1.82) is 0 Å².